The number of hydrogen-bond donors (Lipinski definition) is 1. The van der Waals surface area contributed by atoms with Crippen molar-refractivity contribution in [3.8, 4) is 11.5 Å². The smallest absolute Gasteiger partial charge is 0.239 e. The minimum absolute atomic E-state index is 0. The van der Waals surface area contributed by atoms with E-state index in [4.69, 9.17) is 9.47 Å². The summed E-state index contributed by atoms with van der Waals surface area (Å²) in [7, 11) is 3.45. The van der Waals surface area contributed by atoms with Crippen LogP contribution in [0.1, 0.15) is 12.8 Å². The second-order valence-electron chi connectivity index (χ2n) is 4.93. The quantitative estimate of drug-likeness (QED) is 0.868. The number of carbonyl (C=O) groups is 1. The normalized spacial score (nSPS) is 17.0. The number of ether oxygens (including phenoxy) is 2. The second kappa shape index (κ2) is 8.74. The van der Waals surface area contributed by atoms with Crippen LogP contribution in [-0.4, -0.2) is 50.7 Å². The van der Waals surface area contributed by atoms with E-state index < -0.39 is 0 Å². The molecule has 5 nitrogen and oxygen atoms in total. The monoisotopic (exact) mass is 314 g/mol. The number of hydrogen-bond acceptors (Lipinski definition) is 4. The fourth-order valence-electron chi connectivity index (χ4n) is 2.24. The van der Waals surface area contributed by atoms with Gasteiger partial charge in [-0.15, -0.1) is 12.4 Å². The summed E-state index contributed by atoms with van der Waals surface area (Å²) in [4.78, 5) is 13.8. The lowest BCUT2D eigenvalue weighted by molar-refractivity contribution is -0.132. The summed E-state index contributed by atoms with van der Waals surface area (Å²) in [6.07, 6.45) is 2.01. The van der Waals surface area contributed by atoms with E-state index in [-0.39, 0.29) is 24.4 Å². The van der Waals surface area contributed by atoms with Crippen molar-refractivity contribution >= 4 is 18.3 Å². The van der Waals surface area contributed by atoms with Crippen molar-refractivity contribution in [2.75, 3.05) is 33.9 Å². The van der Waals surface area contributed by atoms with Crippen LogP contribution < -0.4 is 14.8 Å². The Hall–Kier alpha value is -1.46. The average molecular weight is 315 g/mol. The van der Waals surface area contributed by atoms with Crippen LogP contribution in [0, 0.1) is 0 Å². The molecule has 1 N–H and O–H groups in total. The van der Waals surface area contributed by atoms with Gasteiger partial charge in [-0.3, -0.25) is 4.79 Å². The SMILES string of the molecule is COc1ccc(OCCN(C)C(=O)C2CCCN2)cc1.Cl. The van der Waals surface area contributed by atoms with Gasteiger partial charge in [0.25, 0.3) is 0 Å². The van der Waals surface area contributed by atoms with Crippen molar-refractivity contribution < 1.29 is 14.3 Å². The number of rotatable bonds is 6. The minimum Gasteiger partial charge on any atom is -0.497 e. The van der Waals surface area contributed by atoms with Crippen molar-refractivity contribution in [2.45, 2.75) is 18.9 Å². The highest BCUT2D eigenvalue weighted by Crippen LogP contribution is 2.16. The summed E-state index contributed by atoms with van der Waals surface area (Å²) in [6, 6.07) is 7.42. The molecule has 0 aliphatic carbocycles. The Morgan fingerprint density at radius 1 is 1.33 bits per heavy atom. The summed E-state index contributed by atoms with van der Waals surface area (Å²) in [6.45, 7) is 2.01. The molecule has 6 heteroatoms. The fraction of sp³-hybridized carbons (Fsp3) is 0.533. The number of amides is 1. The molecule has 118 valence electrons. The van der Waals surface area contributed by atoms with E-state index in [1.54, 1.807) is 12.0 Å². The van der Waals surface area contributed by atoms with Gasteiger partial charge in [-0.2, -0.15) is 0 Å². The highest BCUT2D eigenvalue weighted by molar-refractivity contribution is 5.85. The zero-order chi connectivity index (χ0) is 14.4. The lowest BCUT2D eigenvalue weighted by Gasteiger charge is -2.21. The van der Waals surface area contributed by atoms with Crippen LogP contribution in [0.4, 0.5) is 0 Å². The van der Waals surface area contributed by atoms with E-state index in [2.05, 4.69) is 5.32 Å². The first-order chi connectivity index (χ1) is 9.70. The molecule has 21 heavy (non-hydrogen) atoms. The average Bonchev–Trinajstić information content (AvgIpc) is 3.01. The molecule has 1 heterocycles. The van der Waals surface area contributed by atoms with Gasteiger partial charge in [-0.25, -0.2) is 0 Å². The molecule has 2 rings (SSSR count). The van der Waals surface area contributed by atoms with Crippen molar-refractivity contribution in [1.82, 2.24) is 10.2 Å². The maximum absolute atomic E-state index is 12.1. The second-order valence-corrected chi connectivity index (χ2v) is 4.93. The third-order valence-corrected chi connectivity index (χ3v) is 3.49. The number of carbonyl (C=O) groups excluding carboxylic acids is 1. The van der Waals surface area contributed by atoms with E-state index in [0.29, 0.717) is 13.2 Å². The van der Waals surface area contributed by atoms with Gasteiger partial charge in [0.2, 0.25) is 5.91 Å². The minimum atomic E-state index is -0.0130. The molecular formula is C15H23ClN2O3. The molecule has 1 saturated heterocycles. The Morgan fingerprint density at radius 2 is 2.00 bits per heavy atom. The largest absolute Gasteiger partial charge is 0.497 e. The standard InChI is InChI=1S/C15H22N2O3.ClH/c1-17(15(18)14-4-3-9-16-14)10-11-20-13-7-5-12(19-2)6-8-13;/h5-8,14,16H,3-4,9-11H2,1-2H3;1H. The van der Waals surface area contributed by atoms with Crippen LogP contribution in [0.2, 0.25) is 0 Å². The molecule has 1 unspecified atom stereocenters. The highest BCUT2D eigenvalue weighted by atomic mass is 35.5. The molecule has 0 bridgehead atoms. The van der Waals surface area contributed by atoms with Gasteiger partial charge in [0, 0.05) is 7.05 Å². The molecule has 0 aromatic heterocycles. The highest BCUT2D eigenvalue weighted by Gasteiger charge is 2.24. The summed E-state index contributed by atoms with van der Waals surface area (Å²) >= 11 is 0. The molecular weight excluding hydrogens is 292 g/mol. The van der Waals surface area contributed by atoms with Gasteiger partial charge >= 0.3 is 0 Å². The fourth-order valence-corrected chi connectivity index (χ4v) is 2.24. The number of likely N-dealkylation sites (N-methyl/N-ethyl adjacent to an activating group) is 1. The van der Waals surface area contributed by atoms with E-state index in [0.717, 1.165) is 30.9 Å². The predicted molar refractivity (Wildman–Crippen MR) is 84.4 cm³/mol. The molecule has 0 spiro atoms. The summed E-state index contributed by atoms with van der Waals surface area (Å²) in [5, 5.41) is 3.21. The topological polar surface area (TPSA) is 50.8 Å². The molecule has 1 fully saturated rings. The van der Waals surface area contributed by atoms with Crippen LogP contribution in [0.25, 0.3) is 0 Å². The summed E-state index contributed by atoms with van der Waals surface area (Å²) in [5.74, 6) is 1.74. The van der Waals surface area contributed by atoms with Crippen LogP contribution in [-0.2, 0) is 4.79 Å². The number of methoxy groups -OCH3 is 1. The Bertz CT molecular complexity index is 433. The molecule has 1 aliphatic heterocycles. The lowest BCUT2D eigenvalue weighted by Crippen LogP contribution is -2.43. The van der Waals surface area contributed by atoms with Crippen LogP contribution >= 0.6 is 12.4 Å². The van der Waals surface area contributed by atoms with Crippen molar-refractivity contribution in [2.24, 2.45) is 0 Å². The number of nitrogens with one attached hydrogen (secondary N) is 1. The van der Waals surface area contributed by atoms with Gasteiger partial charge in [-0.05, 0) is 43.7 Å². The molecule has 1 aromatic carbocycles. The van der Waals surface area contributed by atoms with Crippen LogP contribution in [0.3, 0.4) is 0 Å². The van der Waals surface area contributed by atoms with Gasteiger partial charge in [-0.1, -0.05) is 0 Å². The summed E-state index contributed by atoms with van der Waals surface area (Å²) < 4.78 is 10.7. The molecule has 1 amide bonds. The molecule has 1 aliphatic rings. The van der Waals surface area contributed by atoms with E-state index in [1.165, 1.54) is 0 Å². The summed E-state index contributed by atoms with van der Waals surface area (Å²) in [5.41, 5.74) is 0. The van der Waals surface area contributed by atoms with Gasteiger partial charge < -0.3 is 19.7 Å². The first-order valence-corrected chi connectivity index (χ1v) is 6.96. The van der Waals surface area contributed by atoms with E-state index >= 15 is 0 Å². The molecule has 0 radical (unpaired) electrons. The molecule has 0 saturated carbocycles. The zero-order valence-electron chi connectivity index (χ0n) is 12.5. The predicted octanol–water partition coefficient (Wildman–Crippen LogP) is 1.71. The molecule has 1 atom stereocenters. The van der Waals surface area contributed by atoms with Gasteiger partial charge in [0.05, 0.1) is 19.7 Å². The lowest BCUT2D eigenvalue weighted by atomic mass is 10.2. The van der Waals surface area contributed by atoms with Crippen LogP contribution in [0.15, 0.2) is 24.3 Å². The van der Waals surface area contributed by atoms with Gasteiger partial charge in [0.15, 0.2) is 0 Å². The first-order valence-electron chi connectivity index (χ1n) is 6.96. The zero-order valence-corrected chi connectivity index (χ0v) is 13.3. The van der Waals surface area contributed by atoms with Crippen LogP contribution in [0.5, 0.6) is 11.5 Å². The number of halogens is 1. The van der Waals surface area contributed by atoms with Crippen molar-refractivity contribution in [3.05, 3.63) is 24.3 Å². The molecule has 1 aromatic rings. The Kier molecular flexibility index (Phi) is 7.32. The Labute approximate surface area is 132 Å². The first kappa shape index (κ1) is 17.6. The van der Waals surface area contributed by atoms with Crippen molar-refractivity contribution in [1.29, 1.82) is 0 Å². The van der Waals surface area contributed by atoms with E-state index in [9.17, 15) is 4.79 Å². The van der Waals surface area contributed by atoms with E-state index in [1.807, 2.05) is 31.3 Å². The number of nitrogens with zero attached hydrogens (tertiary/aromatic N) is 1. The third kappa shape index (κ3) is 5.10. The number of benzene rings is 1. The van der Waals surface area contributed by atoms with Crippen molar-refractivity contribution in [3.63, 3.8) is 0 Å². The van der Waals surface area contributed by atoms with Gasteiger partial charge in [0.1, 0.15) is 18.1 Å². The third-order valence-electron chi connectivity index (χ3n) is 3.49. The Morgan fingerprint density at radius 3 is 2.57 bits per heavy atom. The maximum atomic E-state index is 12.1. The maximum Gasteiger partial charge on any atom is 0.239 e. The Balaban J connectivity index is 0.00000220.